The Morgan fingerprint density at radius 2 is 0.661 bits per heavy atom. The molecule has 1 unspecified atom stereocenters. The first-order valence-corrected chi connectivity index (χ1v) is 22.0. The number of esters is 3. The van der Waals surface area contributed by atoms with E-state index in [1.165, 1.54) is 32.4 Å². The molecule has 4 aliphatic rings. The molecule has 16 nitrogen and oxygen atoms in total. The third kappa shape index (κ3) is 10.2. The van der Waals surface area contributed by atoms with Crippen LogP contribution in [-0.4, -0.2) is 133 Å². The molecule has 1 atom stereocenters. The average molecular weight is 877 g/mol. The molecule has 5 rings (SSSR count). The van der Waals surface area contributed by atoms with Gasteiger partial charge < -0.3 is 44.9 Å². The average Bonchev–Trinajstić information content (AvgIpc) is 3.09. The van der Waals surface area contributed by atoms with Crippen molar-refractivity contribution >= 4 is 17.9 Å². The molecule has 0 aliphatic carbocycles. The molecule has 0 aromatic heterocycles. The minimum Gasteiger partial charge on any atom is -0.459 e. The Morgan fingerprint density at radius 3 is 0.935 bits per heavy atom. The van der Waals surface area contributed by atoms with E-state index in [2.05, 4.69) is 0 Å². The molecule has 4 saturated heterocycles. The lowest BCUT2D eigenvalue weighted by Gasteiger charge is -2.51. The maximum atomic E-state index is 14.6. The van der Waals surface area contributed by atoms with Crippen LogP contribution in [0.15, 0.2) is 12.1 Å². The number of ether oxygens (including phenoxy) is 4. The van der Waals surface area contributed by atoms with Crippen molar-refractivity contribution in [3.8, 4) is 0 Å². The number of benzene rings is 1. The molecule has 1 aromatic rings. The largest absolute Gasteiger partial charge is 0.459 e. The lowest BCUT2D eigenvalue weighted by molar-refractivity contribution is -0.275. The Balaban J connectivity index is 1.62. The molecule has 4 heterocycles. The van der Waals surface area contributed by atoms with Gasteiger partial charge in [-0.3, -0.25) is 0 Å². The Bertz CT molecular complexity index is 1800. The van der Waals surface area contributed by atoms with E-state index in [9.17, 15) is 40.3 Å². The lowest BCUT2D eigenvalue weighted by atomic mass is 9.80. The van der Waals surface area contributed by atoms with Crippen LogP contribution in [0.2, 0.25) is 0 Å². The highest BCUT2D eigenvalue weighted by Crippen LogP contribution is 2.43. The maximum Gasteiger partial charge on any atom is 0.339 e. The van der Waals surface area contributed by atoms with Gasteiger partial charge in [0, 0.05) is 88.4 Å². The second kappa shape index (κ2) is 16.6. The fourth-order valence-corrected chi connectivity index (χ4v) is 11.3. The molecule has 5 N–H and O–H groups in total. The van der Waals surface area contributed by atoms with Gasteiger partial charge in [-0.25, -0.2) is 14.4 Å². The number of carbonyl (C=O) groups is 3. The third-order valence-electron chi connectivity index (χ3n) is 13.7. The molecule has 4 fully saturated rings. The van der Waals surface area contributed by atoms with Gasteiger partial charge in [-0.15, -0.1) is 0 Å². The summed E-state index contributed by atoms with van der Waals surface area (Å²) >= 11 is 0. The normalized spacial score (nSPS) is 27.3. The van der Waals surface area contributed by atoms with Crippen molar-refractivity contribution in [1.82, 2.24) is 20.3 Å². The van der Waals surface area contributed by atoms with Gasteiger partial charge in [-0.05, 0) is 136 Å². The van der Waals surface area contributed by atoms with Crippen molar-refractivity contribution in [3.05, 3.63) is 34.4 Å². The molecule has 352 valence electrons. The van der Waals surface area contributed by atoms with Crippen molar-refractivity contribution in [3.63, 3.8) is 0 Å². The van der Waals surface area contributed by atoms with E-state index < -0.39 is 92.9 Å². The van der Waals surface area contributed by atoms with Crippen molar-refractivity contribution in [2.45, 2.75) is 237 Å². The van der Waals surface area contributed by atoms with Gasteiger partial charge in [-0.1, -0.05) is 0 Å². The van der Waals surface area contributed by atoms with Crippen LogP contribution < -0.4 is 0 Å². The molecular weight excluding hydrogens is 801 g/mol. The zero-order valence-electron chi connectivity index (χ0n) is 40.1. The van der Waals surface area contributed by atoms with Gasteiger partial charge in [0.05, 0.1) is 22.8 Å². The number of piperidine rings is 4. The maximum absolute atomic E-state index is 14.6. The van der Waals surface area contributed by atoms with Gasteiger partial charge >= 0.3 is 17.9 Å². The van der Waals surface area contributed by atoms with E-state index in [-0.39, 0.29) is 60.8 Å². The van der Waals surface area contributed by atoms with Crippen molar-refractivity contribution < 1.29 is 59.3 Å². The summed E-state index contributed by atoms with van der Waals surface area (Å²) in [5.74, 6) is -2.72. The highest BCUT2D eigenvalue weighted by molar-refractivity contribution is 6.06. The molecule has 4 aliphatic heterocycles. The van der Waals surface area contributed by atoms with Crippen LogP contribution in [-0.2, 0) is 18.9 Å². The first kappa shape index (κ1) is 50.2. The van der Waals surface area contributed by atoms with E-state index in [0.717, 1.165) is 0 Å². The number of nitrogens with zero attached hydrogens (tertiary/aromatic N) is 4. The van der Waals surface area contributed by atoms with Crippen LogP contribution in [0.3, 0.4) is 0 Å². The third-order valence-corrected chi connectivity index (χ3v) is 13.7. The number of hydroxylamine groups is 8. The number of carbonyl (C=O) groups excluding carboxylic acids is 3. The smallest absolute Gasteiger partial charge is 0.339 e. The number of aliphatic hydroxyl groups is 1. The van der Waals surface area contributed by atoms with E-state index in [0.29, 0.717) is 12.8 Å². The fourth-order valence-electron chi connectivity index (χ4n) is 11.3. The van der Waals surface area contributed by atoms with Gasteiger partial charge in [-0.2, -0.15) is 20.3 Å². The molecule has 0 spiro atoms. The first-order valence-electron chi connectivity index (χ1n) is 22.0. The lowest BCUT2D eigenvalue weighted by Crippen LogP contribution is -2.60. The zero-order valence-corrected chi connectivity index (χ0v) is 40.1. The highest BCUT2D eigenvalue weighted by atomic mass is 16.6. The summed E-state index contributed by atoms with van der Waals surface area (Å²) in [4.78, 5) is 43.7. The molecule has 0 radical (unpaired) electrons. The Kier molecular flexibility index (Phi) is 13.4. The van der Waals surface area contributed by atoms with Gasteiger partial charge in [0.15, 0.2) is 6.29 Å². The monoisotopic (exact) mass is 877 g/mol. The minimum atomic E-state index is -1.81. The van der Waals surface area contributed by atoms with Crippen LogP contribution >= 0.6 is 0 Å². The predicted molar refractivity (Wildman–Crippen MR) is 228 cm³/mol. The summed E-state index contributed by atoms with van der Waals surface area (Å²) in [6.45, 7) is 29.4. The molecule has 0 amide bonds. The van der Waals surface area contributed by atoms with Crippen molar-refractivity contribution in [2.24, 2.45) is 0 Å². The summed E-state index contributed by atoms with van der Waals surface area (Å²) in [6, 6.07) is 2.44. The Hall–Kier alpha value is -2.77. The van der Waals surface area contributed by atoms with Crippen molar-refractivity contribution in [2.75, 3.05) is 0 Å². The van der Waals surface area contributed by atoms with Crippen LogP contribution in [0.1, 0.15) is 205 Å². The molecular formula is C46H76N4O12. The second-order valence-corrected chi connectivity index (χ2v) is 23.6. The Morgan fingerprint density at radius 1 is 0.435 bits per heavy atom. The fraction of sp³-hybridized carbons (Fsp3) is 0.804. The SMILES string of the molecule is CC1(C)CC(OC(=O)c2cc(C(=O)OC3CC(C)(C)N(O)C(C)(C)C3)c(C(O)OC3CC(C)(C)N(O)C(C)(C)C3)cc2C(=O)OC2CC(C)(C)N(O)C(C)(C)C2)CC(C)(C)N1O. The van der Waals surface area contributed by atoms with E-state index in [4.69, 9.17) is 18.9 Å². The van der Waals surface area contributed by atoms with Gasteiger partial charge in [0.25, 0.3) is 0 Å². The van der Waals surface area contributed by atoms with E-state index >= 15 is 0 Å². The van der Waals surface area contributed by atoms with Gasteiger partial charge in [0.2, 0.25) is 0 Å². The van der Waals surface area contributed by atoms with Crippen LogP contribution in [0.5, 0.6) is 0 Å². The molecule has 0 bridgehead atoms. The molecule has 62 heavy (non-hydrogen) atoms. The summed E-state index contributed by atoms with van der Waals surface area (Å²) < 4.78 is 24.8. The predicted octanol–water partition coefficient (Wildman–Crippen LogP) is 7.81. The summed E-state index contributed by atoms with van der Waals surface area (Å²) in [6.07, 6.45) is -2.30. The summed E-state index contributed by atoms with van der Waals surface area (Å²) in [5.41, 5.74) is -7.11. The minimum absolute atomic E-state index is 0.139. The number of rotatable bonds is 9. The molecule has 1 aromatic carbocycles. The summed E-state index contributed by atoms with van der Waals surface area (Å²) in [7, 11) is 0. The quantitative estimate of drug-likeness (QED) is 0.0913. The number of aliphatic hydroxyl groups excluding tert-OH is 1. The van der Waals surface area contributed by atoms with Crippen LogP contribution in [0, 0.1) is 0 Å². The first-order chi connectivity index (χ1) is 27.9. The summed E-state index contributed by atoms with van der Waals surface area (Å²) in [5, 5.41) is 61.0. The Labute approximate surface area is 368 Å². The number of hydrogen-bond acceptors (Lipinski definition) is 16. The topological polar surface area (TPSA) is 202 Å². The molecule has 0 saturated carbocycles. The second-order valence-electron chi connectivity index (χ2n) is 23.6. The van der Waals surface area contributed by atoms with Crippen LogP contribution in [0.4, 0.5) is 0 Å². The zero-order chi connectivity index (χ0) is 47.1. The van der Waals surface area contributed by atoms with Gasteiger partial charge in [0.1, 0.15) is 18.3 Å². The van der Waals surface area contributed by atoms with E-state index in [1.54, 1.807) is 0 Å². The molecule has 16 heteroatoms. The van der Waals surface area contributed by atoms with Crippen LogP contribution in [0.25, 0.3) is 0 Å². The number of hydrogen-bond donors (Lipinski definition) is 5. The highest BCUT2D eigenvalue weighted by Gasteiger charge is 2.51. The van der Waals surface area contributed by atoms with Crippen molar-refractivity contribution in [1.29, 1.82) is 0 Å². The van der Waals surface area contributed by atoms with E-state index in [1.807, 2.05) is 111 Å². The standard InChI is InChI=1S/C46H76N4O12/c1-39(2)19-27(20-40(3,4)47(39)55)59-35(51)31-17-33(37(53)61-29-23-43(9,10)49(57)44(11,12)24-29)34(38(54)62-30-25-45(13,14)50(58)46(15,16)26-30)18-32(31)36(52)60-28-21-41(5,6)48(56)42(7,8)22-28/h17-18,27-30,35,51,55-58H,19-26H2,1-16H3.